The second-order valence-electron chi connectivity index (χ2n) is 3.16. The van der Waals surface area contributed by atoms with Crippen molar-refractivity contribution in [2.75, 3.05) is 0 Å². The van der Waals surface area contributed by atoms with Crippen LogP contribution in [0.4, 0.5) is 4.39 Å². The van der Waals surface area contributed by atoms with Gasteiger partial charge in [-0.2, -0.15) is 15.7 Å². The Morgan fingerprint density at radius 1 is 1.50 bits per heavy atom. The molecule has 0 saturated heterocycles. The maximum Gasteiger partial charge on any atom is 0.256 e. The summed E-state index contributed by atoms with van der Waals surface area (Å²) in [6.45, 7) is 0.399. The van der Waals surface area contributed by atoms with E-state index in [9.17, 15) is 9.18 Å². The normalized spacial score (nSPS) is 10.1. The van der Waals surface area contributed by atoms with Crippen LogP contribution in [0.3, 0.4) is 0 Å². The summed E-state index contributed by atoms with van der Waals surface area (Å²) < 4.78 is 13.1. The second-order valence-corrected chi connectivity index (χ2v) is 3.94. The highest BCUT2D eigenvalue weighted by Crippen LogP contribution is 2.07. The van der Waals surface area contributed by atoms with Crippen molar-refractivity contribution in [3.05, 3.63) is 52.2 Å². The Hall–Kier alpha value is -1.75. The highest BCUT2D eigenvalue weighted by Gasteiger charge is 2.11. The van der Waals surface area contributed by atoms with E-state index in [2.05, 4.69) is 10.3 Å². The molecule has 0 radical (unpaired) electrons. The predicted octanol–water partition coefficient (Wildman–Crippen LogP) is 2.21. The van der Waals surface area contributed by atoms with Crippen molar-refractivity contribution in [1.82, 2.24) is 10.3 Å². The number of carbonyl (C=O) groups is 1. The summed E-state index contributed by atoms with van der Waals surface area (Å²) >= 11 is 1.55. The molecule has 82 valence electrons. The SMILES string of the molecule is O=C(NCc1ccsc1)c1cccnc1F. The van der Waals surface area contributed by atoms with Gasteiger partial charge in [-0.1, -0.05) is 0 Å². The zero-order valence-corrected chi connectivity index (χ0v) is 9.13. The maximum atomic E-state index is 13.1. The topological polar surface area (TPSA) is 42.0 Å². The highest BCUT2D eigenvalue weighted by molar-refractivity contribution is 7.07. The van der Waals surface area contributed by atoms with Crippen LogP contribution in [-0.4, -0.2) is 10.9 Å². The van der Waals surface area contributed by atoms with Crippen molar-refractivity contribution in [1.29, 1.82) is 0 Å². The van der Waals surface area contributed by atoms with Crippen molar-refractivity contribution in [2.45, 2.75) is 6.54 Å². The fourth-order valence-electron chi connectivity index (χ4n) is 1.23. The van der Waals surface area contributed by atoms with Crippen LogP contribution < -0.4 is 5.32 Å². The van der Waals surface area contributed by atoms with Gasteiger partial charge in [0.2, 0.25) is 5.95 Å². The van der Waals surface area contributed by atoms with Crippen LogP contribution in [0.25, 0.3) is 0 Å². The fourth-order valence-corrected chi connectivity index (χ4v) is 1.89. The fraction of sp³-hybridized carbons (Fsp3) is 0.0909. The smallest absolute Gasteiger partial charge is 0.256 e. The average Bonchev–Trinajstić information content (AvgIpc) is 2.79. The molecule has 5 heteroatoms. The van der Waals surface area contributed by atoms with E-state index in [1.54, 1.807) is 11.3 Å². The lowest BCUT2D eigenvalue weighted by atomic mass is 10.2. The van der Waals surface area contributed by atoms with E-state index >= 15 is 0 Å². The second kappa shape index (κ2) is 4.85. The van der Waals surface area contributed by atoms with Gasteiger partial charge in [0.1, 0.15) is 0 Å². The molecule has 0 bridgehead atoms. The Balaban J connectivity index is 2.01. The van der Waals surface area contributed by atoms with Crippen LogP contribution in [-0.2, 0) is 6.54 Å². The molecule has 0 aliphatic rings. The molecular weight excluding hydrogens is 227 g/mol. The van der Waals surface area contributed by atoms with Gasteiger partial charge in [-0.15, -0.1) is 0 Å². The monoisotopic (exact) mass is 236 g/mol. The molecule has 0 atom stereocenters. The van der Waals surface area contributed by atoms with Gasteiger partial charge in [-0.05, 0) is 34.5 Å². The Kier molecular flexibility index (Phi) is 3.26. The van der Waals surface area contributed by atoms with Gasteiger partial charge in [0.05, 0.1) is 5.56 Å². The molecule has 16 heavy (non-hydrogen) atoms. The molecule has 0 aliphatic carbocycles. The number of carbonyl (C=O) groups excluding carboxylic acids is 1. The Bertz CT molecular complexity index is 484. The predicted molar refractivity (Wildman–Crippen MR) is 59.7 cm³/mol. The molecule has 1 N–H and O–H groups in total. The number of nitrogens with one attached hydrogen (secondary N) is 1. The van der Waals surface area contributed by atoms with Gasteiger partial charge in [0.15, 0.2) is 0 Å². The molecule has 0 unspecified atom stereocenters. The van der Waals surface area contributed by atoms with Crippen molar-refractivity contribution >= 4 is 17.2 Å². The Labute approximate surface area is 96.0 Å². The van der Waals surface area contributed by atoms with E-state index in [0.717, 1.165) is 5.56 Å². The third-order valence-electron chi connectivity index (χ3n) is 2.04. The lowest BCUT2D eigenvalue weighted by Gasteiger charge is -2.03. The first-order chi connectivity index (χ1) is 7.77. The lowest BCUT2D eigenvalue weighted by molar-refractivity contribution is 0.0946. The molecule has 0 aliphatic heterocycles. The zero-order chi connectivity index (χ0) is 11.4. The summed E-state index contributed by atoms with van der Waals surface area (Å²) in [6, 6.07) is 4.85. The van der Waals surface area contributed by atoms with Crippen LogP contribution in [0.1, 0.15) is 15.9 Å². The molecule has 3 nitrogen and oxygen atoms in total. The lowest BCUT2D eigenvalue weighted by Crippen LogP contribution is -2.23. The molecule has 1 amide bonds. The number of rotatable bonds is 3. The molecule has 0 aromatic carbocycles. The van der Waals surface area contributed by atoms with Gasteiger partial charge < -0.3 is 5.32 Å². The Morgan fingerprint density at radius 2 is 2.38 bits per heavy atom. The van der Waals surface area contributed by atoms with Crippen LogP contribution >= 0.6 is 11.3 Å². The molecular formula is C11H9FN2OS. The van der Waals surface area contributed by atoms with Gasteiger partial charge in [0, 0.05) is 12.7 Å². The molecule has 2 heterocycles. The van der Waals surface area contributed by atoms with E-state index in [1.165, 1.54) is 18.3 Å². The number of pyridine rings is 1. The summed E-state index contributed by atoms with van der Waals surface area (Å²) in [5, 5.41) is 6.48. The number of halogens is 1. The van der Waals surface area contributed by atoms with Crippen molar-refractivity contribution in [3.8, 4) is 0 Å². The van der Waals surface area contributed by atoms with Crippen LogP contribution in [0.15, 0.2) is 35.2 Å². The van der Waals surface area contributed by atoms with Gasteiger partial charge in [-0.3, -0.25) is 4.79 Å². The molecule has 2 rings (SSSR count). The molecule has 0 spiro atoms. The largest absolute Gasteiger partial charge is 0.348 e. The van der Waals surface area contributed by atoms with E-state index in [-0.39, 0.29) is 5.56 Å². The summed E-state index contributed by atoms with van der Waals surface area (Å²) in [5.74, 6) is -1.19. The summed E-state index contributed by atoms with van der Waals surface area (Å²) in [6.07, 6.45) is 1.31. The number of hydrogen-bond acceptors (Lipinski definition) is 3. The molecule has 0 fully saturated rings. The first kappa shape index (κ1) is 10.8. The maximum absolute atomic E-state index is 13.1. The van der Waals surface area contributed by atoms with Gasteiger partial charge in [0.25, 0.3) is 5.91 Å². The summed E-state index contributed by atoms with van der Waals surface area (Å²) in [5.41, 5.74) is 0.973. The molecule has 2 aromatic heterocycles. The summed E-state index contributed by atoms with van der Waals surface area (Å²) in [7, 11) is 0. The average molecular weight is 236 g/mol. The minimum absolute atomic E-state index is 0.0299. The minimum atomic E-state index is -0.745. The van der Waals surface area contributed by atoms with E-state index in [0.29, 0.717) is 6.54 Å². The number of nitrogens with zero attached hydrogens (tertiary/aromatic N) is 1. The standard InChI is InChI=1S/C11H9FN2OS/c12-10-9(2-1-4-13-10)11(15)14-6-8-3-5-16-7-8/h1-5,7H,6H2,(H,14,15). The van der Waals surface area contributed by atoms with Crippen molar-refractivity contribution < 1.29 is 9.18 Å². The van der Waals surface area contributed by atoms with Crippen molar-refractivity contribution in [2.24, 2.45) is 0 Å². The zero-order valence-electron chi connectivity index (χ0n) is 8.31. The minimum Gasteiger partial charge on any atom is -0.348 e. The third kappa shape index (κ3) is 2.43. The van der Waals surface area contributed by atoms with Crippen LogP contribution in [0, 0.1) is 5.95 Å². The first-order valence-corrected chi connectivity index (χ1v) is 5.61. The van der Waals surface area contributed by atoms with Crippen LogP contribution in [0.5, 0.6) is 0 Å². The van der Waals surface area contributed by atoms with E-state index in [1.807, 2.05) is 16.8 Å². The van der Waals surface area contributed by atoms with Crippen LogP contribution in [0.2, 0.25) is 0 Å². The number of amides is 1. The Morgan fingerprint density at radius 3 is 3.06 bits per heavy atom. The van der Waals surface area contributed by atoms with E-state index in [4.69, 9.17) is 0 Å². The number of aromatic nitrogens is 1. The van der Waals surface area contributed by atoms with Crippen molar-refractivity contribution in [3.63, 3.8) is 0 Å². The number of thiophene rings is 1. The molecule has 2 aromatic rings. The molecule has 0 saturated carbocycles. The van der Waals surface area contributed by atoms with E-state index < -0.39 is 11.9 Å². The summed E-state index contributed by atoms with van der Waals surface area (Å²) in [4.78, 5) is 15.0. The quantitative estimate of drug-likeness (QED) is 0.830. The van der Waals surface area contributed by atoms with Gasteiger partial charge >= 0.3 is 0 Å². The third-order valence-corrected chi connectivity index (χ3v) is 2.77. The van der Waals surface area contributed by atoms with Gasteiger partial charge in [-0.25, -0.2) is 4.98 Å². The highest BCUT2D eigenvalue weighted by atomic mass is 32.1. The number of hydrogen-bond donors (Lipinski definition) is 1. The first-order valence-electron chi connectivity index (χ1n) is 4.67.